The third-order valence-electron chi connectivity index (χ3n) is 5.25. The number of hydrogen-bond donors (Lipinski definition) is 1. The van der Waals surface area contributed by atoms with Crippen molar-refractivity contribution in [3.05, 3.63) is 64.7 Å². The van der Waals surface area contributed by atoms with Crippen LogP contribution in [0, 0.1) is 6.92 Å². The number of carbonyl (C=O) groups excluding carboxylic acids is 2. The van der Waals surface area contributed by atoms with Gasteiger partial charge in [-0.25, -0.2) is 0 Å². The van der Waals surface area contributed by atoms with Crippen molar-refractivity contribution in [2.75, 3.05) is 26.2 Å². The molecular weight excluding hydrogens is 352 g/mol. The molecule has 5 heteroatoms. The molecule has 0 radical (unpaired) electrons. The lowest BCUT2D eigenvalue weighted by atomic mass is 10.0. The second kappa shape index (κ2) is 8.46. The second-order valence-corrected chi connectivity index (χ2v) is 7.74. The van der Waals surface area contributed by atoms with Gasteiger partial charge in [0.1, 0.15) is 5.75 Å². The van der Waals surface area contributed by atoms with Gasteiger partial charge in [-0.05, 0) is 49.1 Å². The fraction of sp³-hybridized carbons (Fsp3) is 0.391. The van der Waals surface area contributed by atoms with Gasteiger partial charge in [-0.1, -0.05) is 37.6 Å². The van der Waals surface area contributed by atoms with Gasteiger partial charge >= 0.3 is 0 Å². The van der Waals surface area contributed by atoms with Crippen LogP contribution in [0.25, 0.3) is 0 Å². The average molecular weight is 380 g/mol. The van der Waals surface area contributed by atoms with Gasteiger partial charge in [0.25, 0.3) is 11.8 Å². The van der Waals surface area contributed by atoms with Crippen molar-refractivity contribution in [1.82, 2.24) is 9.80 Å². The van der Waals surface area contributed by atoms with E-state index >= 15 is 0 Å². The van der Waals surface area contributed by atoms with E-state index in [1.165, 1.54) is 0 Å². The number of nitrogens with zero attached hydrogens (tertiary/aromatic N) is 2. The van der Waals surface area contributed by atoms with Crippen LogP contribution in [0.5, 0.6) is 5.75 Å². The molecule has 0 bridgehead atoms. The predicted octanol–water partition coefficient (Wildman–Crippen LogP) is 3.81. The van der Waals surface area contributed by atoms with Gasteiger partial charge in [0.05, 0.1) is 5.56 Å². The maximum Gasteiger partial charge on any atom is 0.257 e. The molecule has 1 aliphatic rings. The topological polar surface area (TPSA) is 60.9 Å². The Morgan fingerprint density at radius 1 is 0.929 bits per heavy atom. The number of aromatic hydroxyl groups is 1. The summed E-state index contributed by atoms with van der Waals surface area (Å²) in [6, 6.07) is 12.8. The van der Waals surface area contributed by atoms with Crippen LogP contribution < -0.4 is 0 Å². The van der Waals surface area contributed by atoms with Gasteiger partial charge in [-0.2, -0.15) is 0 Å². The van der Waals surface area contributed by atoms with Crippen molar-refractivity contribution >= 4 is 11.8 Å². The first kappa shape index (κ1) is 19.9. The molecule has 2 aromatic rings. The molecule has 148 valence electrons. The molecule has 1 aliphatic heterocycles. The lowest BCUT2D eigenvalue weighted by Crippen LogP contribution is -2.37. The lowest BCUT2D eigenvalue weighted by Gasteiger charge is -2.23. The number of aryl methyl sites for hydroxylation is 1. The molecule has 1 heterocycles. The SMILES string of the molecule is Cc1cccc(C(=O)N2CCCN(C(=O)c3ccc(C(C)C)cc3O)CC2)c1. The fourth-order valence-corrected chi connectivity index (χ4v) is 3.54. The van der Waals surface area contributed by atoms with E-state index < -0.39 is 0 Å². The van der Waals surface area contributed by atoms with Crippen molar-refractivity contribution < 1.29 is 14.7 Å². The van der Waals surface area contributed by atoms with Crippen LogP contribution in [0.15, 0.2) is 42.5 Å². The highest BCUT2D eigenvalue weighted by molar-refractivity contribution is 5.97. The van der Waals surface area contributed by atoms with E-state index in [0.29, 0.717) is 43.7 Å². The average Bonchev–Trinajstić information content (AvgIpc) is 2.93. The minimum Gasteiger partial charge on any atom is -0.507 e. The van der Waals surface area contributed by atoms with E-state index in [1.807, 2.05) is 56.0 Å². The number of phenols is 1. The third-order valence-corrected chi connectivity index (χ3v) is 5.25. The summed E-state index contributed by atoms with van der Waals surface area (Å²) >= 11 is 0. The summed E-state index contributed by atoms with van der Waals surface area (Å²) in [6.45, 7) is 8.20. The van der Waals surface area contributed by atoms with E-state index in [0.717, 1.165) is 11.1 Å². The van der Waals surface area contributed by atoms with Crippen molar-refractivity contribution in [2.45, 2.75) is 33.1 Å². The first-order valence-corrected chi connectivity index (χ1v) is 9.85. The fourth-order valence-electron chi connectivity index (χ4n) is 3.54. The zero-order valence-corrected chi connectivity index (χ0v) is 16.8. The molecule has 0 unspecified atom stereocenters. The Labute approximate surface area is 166 Å². The summed E-state index contributed by atoms with van der Waals surface area (Å²) < 4.78 is 0. The smallest absolute Gasteiger partial charge is 0.257 e. The van der Waals surface area contributed by atoms with Crippen LogP contribution in [0.4, 0.5) is 0 Å². The Hall–Kier alpha value is -2.82. The monoisotopic (exact) mass is 380 g/mol. The highest BCUT2D eigenvalue weighted by Gasteiger charge is 2.25. The van der Waals surface area contributed by atoms with Crippen LogP contribution in [-0.2, 0) is 0 Å². The Balaban J connectivity index is 1.69. The molecule has 1 saturated heterocycles. The van der Waals surface area contributed by atoms with E-state index in [9.17, 15) is 14.7 Å². The normalized spacial score (nSPS) is 14.9. The maximum atomic E-state index is 12.9. The Bertz CT molecular complexity index is 876. The molecule has 0 spiro atoms. The van der Waals surface area contributed by atoms with E-state index in [4.69, 9.17) is 0 Å². The minimum atomic E-state index is -0.183. The van der Waals surface area contributed by atoms with E-state index in [-0.39, 0.29) is 23.5 Å². The van der Waals surface area contributed by atoms with Gasteiger partial charge < -0.3 is 14.9 Å². The number of amides is 2. The summed E-state index contributed by atoms with van der Waals surface area (Å²) in [4.78, 5) is 29.2. The van der Waals surface area contributed by atoms with Crippen molar-refractivity contribution in [2.24, 2.45) is 0 Å². The van der Waals surface area contributed by atoms with Crippen LogP contribution in [0.3, 0.4) is 0 Å². The van der Waals surface area contributed by atoms with Gasteiger partial charge in [0.2, 0.25) is 0 Å². The molecule has 28 heavy (non-hydrogen) atoms. The first-order chi connectivity index (χ1) is 13.4. The molecule has 3 rings (SSSR count). The van der Waals surface area contributed by atoms with Crippen LogP contribution in [0.2, 0.25) is 0 Å². The summed E-state index contributed by atoms with van der Waals surface area (Å²) in [5, 5.41) is 10.3. The van der Waals surface area contributed by atoms with Gasteiger partial charge in [-0.3, -0.25) is 9.59 Å². The highest BCUT2D eigenvalue weighted by Crippen LogP contribution is 2.25. The van der Waals surface area contributed by atoms with Crippen molar-refractivity contribution in [1.29, 1.82) is 0 Å². The number of benzene rings is 2. The van der Waals surface area contributed by atoms with Gasteiger partial charge in [0, 0.05) is 31.7 Å². The van der Waals surface area contributed by atoms with Crippen LogP contribution in [0.1, 0.15) is 58.0 Å². The molecule has 0 atom stereocenters. The number of rotatable bonds is 3. The zero-order valence-electron chi connectivity index (χ0n) is 16.8. The maximum absolute atomic E-state index is 12.9. The number of carbonyl (C=O) groups is 2. The molecule has 1 N–H and O–H groups in total. The standard InChI is InChI=1S/C23H28N2O3/c1-16(2)18-8-9-20(21(26)15-18)23(28)25-11-5-10-24(12-13-25)22(27)19-7-4-6-17(3)14-19/h4,6-9,14-16,26H,5,10-13H2,1-3H3. The highest BCUT2D eigenvalue weighted by atomic mass is 16.3. The van der Waals surface area contributed by atoms with Crippen LogP contribution >= 0.6 is 0 Å². The second-order valence-electron chi connectivity index (χ2n) is 7.74. The lowest BCUT2D eigenvalue weighted by molar-refractivity contribution is 0.0717. The molecule has 0 aliphatic carbocycles. The number of hydrogen-bond acceptors (Lipinski definition) is 3. The van der Waals surface area contributed by atoms with E-state index in [2.05, 4.69) is 0 Å². The summed E-state index contributed by atoms with van der Waals surface area (Å²) in [7, 11) is 0. The molecule has 0 saturated carbocycles. The molecule has 0 aromatic heterocycles. The van der Waals surface area contributed by atoms with Crippen molar-refractivity contribution in [3.63, 3.8) is 0 Å². The van der Waals surface area contributed by atoms with Gasteiger partial charge in [-0.15, -0.1) is 0 Å². The Morgan fingerprint density at radius 2 is 1.61 bits per heavy atom. The minimum absolute atomic E-state index is 0.00197. The quantitative estimate of drug-likeness (QED) is 0.881. The first-order valence-electron chi connectivity index (χ1n) is 9.85. The predicted molar refractivity (Wildman–Crippen MR) is 110 cm³/mol. The Morgan fingerprint density at radius 3 is 2.21 bits per heavy atom. The largest absolute Gasteiger partial charge is 0.507 e. The molecular formula is C23H28N2O3. The summed E-state index contributed by atoms with van der Waals surface area (Å²) in [5.74, 6) is 0.127. The van der Waals surface area contributed by atoms with Gasteiger partial charge in [0.15, 0.2) is 0 Å². The van der Waals surface area contributed by atoms with E-state index in [1.54, 1.807) is 17.0 Å². The Kier molecular flexibility index (Phi) is 6.02. The molecule has 1 fully saturated rings. The molecule has 2 amide bonds. The zero-order chi connectivity index (χ0) is 20.3. The summed E-state index contributed by atoms with van der Waals surface area (Å²) in [6.07, 6.45) is 0.716. The molecule has 5 nitrogen and oxygen atoms in total. The molecule has 2 aromatic carbocycles. The summed E-state index contributed by atoms with van der Waals surface area (Å²) in [5.41, 5.74) is 3.06. The van der Waals surface area contributed by atoms with Crippen LogP contribution in [-0.4, -0.2) is 52.9 Å². The number of phenolic OH excluding ortho intramolecular Hbond substituents is 1. The third kappa shape index (κ3) is 4.35. The van der Waals surface area contributed by atoms with Crippen molar-refractivity contribution in [3.8, 4) is 5.75 Å².